The molecule has 0 unspecified atom stereocenters. The third kappa shape index (κ3) is 3.78. The zero-order chi connectivity index (χ0) is 18.0. The highest BCUT2D eigenvalue weighted by molar-refractivity contribution is 5.80. The Balaban J connectivity index is 1.49. The molecular formula is C19H27FN2O3. The zero-order valence-electron chi connectivity index (χ0n) is 15.0. The molecule has 2 aliphatic rings. The van der Waals surface area contributed by atoms with Gasteiger partial charge in [0.15, 0.2) is 5.82 Å². The van der Waals surface area contributed by atoms with Crippen molar-refractivity contribution < 1.29 is 19.0 Å². The van der Waals surface area contributed by atoms with Gasteiger partial charge in [-0.15, -0.1) is 0 Å². The van der Waals surface area contributed by atoms with Gasteiger partial charge in [-0.3, -0.25) is 4.79 Å². The third-order valence-corrected chi connectivity index (χ3v) is 5.64. The number of hydrogen-bond acceptors (Lipinski definition) is 4. The van der Waals surface area contributed by atoms with E-state index in [2.05, 4.69) is 4.98 Å². The van der Waals surface area contributed by atoms with E-state index in [0.717, 1.165) is 44.3 Å². The topological polar surface area (TPSA) is 62.7 Å². The number of aliphatic hydroxyl groups is 1. The number of likely N-dealkylation sites (tertiary alicyclic amines) is 1. The Morgan fingerprint density at radius 3 is 2.72 bits per heavy atom. The molecule has 25 heavy (non-hydrogen) atoms. The fourth-order valence-electron chi connectivity index (χ4n) is 3.96. The number of carbonyl (C=O) groups excluding carboxylic acids is 1. The maximum atomic E-state index is 13.9. The van der Waals surface area contributed by atoms with Crippen molar-refractivity contribution in [1.82, 2.24) is 9.88 Å². The van der Waals surface area contributed by atoms with Crippen LogP contribution < -0.4 is 4.74 Å². The van der Waals surface area contributed by atoms with Crippen LogP contribution in [0.5, 0.6) is 5.88 Å². The number of hydrogen-bond donors (Lipinski definition) is 1. The minimum Gasteiger partial charge on any atom is -0.472 e. The van der Waals surface area contributed by atoms with Gasteiger partial charge < -0.3 is 14.7 Å². The van der Waals surface area contributed by atoms with E-state index in [1.807, 2.05) is 11.8 Å². The summed E-state index contributed by atoms with van der Waals surface area (Å²) >= 11 is 0. The summed E-state index contributed by atoms with van der Waals surface area (Å²) < 4.78 is 19.6. The lowest BCUT2D eigenvalue weighted by Crippen LogP contribution is -2.61. The number of amides is 1. The second kappa shape index (κ2) is 7.28. The second-order valence-corrected chi connectivity index (χ2v) is 7.60. The van der Waals surface area contributed by atoms with Gasteiger partial charge in [0.1, 0.15) is 6.10 Å². The Morgan fingerprint density at radius 2 is 2.16 bits per heavy atom. The molecule has 0 bridgehead atoms. The van der Waals surface area contributed by atoms with Gasteiger partial charge in [0.05, 0.1) is 12.5 Å². The van der Waals surface area contributed by atoms with Crippen LogP contribution >= 0.6 is 0 Å². The predicted molar refractivity (Wildman–Crippen MR) is 91.7 cm³/mol. The van der Waals surface area contributed by atoms with Gasteiger partial charge in [-0.05, 0) is 50.7 Å². The number of ether oxygens (including phenoxy) is 1. The Hall–Kier alpha value is -1.69. The quantitative estimate of drug-likeness (QED) is 0.887. The summed E-state index contributed by atoms with van der Waals surface area (Å²) in [5, 5.41) is 9.28. The number of aryl methyl sites for hydroxylation is 1. The van der Waals surface area contributed by atoms with E-state index in [-0.39, 0.29) is 35.8 Å². The molecule has 0 radical (unpaired) electrons. The van der Waals surface area contributed by atoms with Crippen molar-refractivity contribution in [3.05, 3.63) is 23.6 Å². The van der Waals surface area contributed by atoms with E-state index < -0.39 is 5.82 Å². The van der Waals surface area contributed by atoms with Crippen LogP contribution in [0, 0.1) is 24.1 Å². The maximum Gasteiger partial charge on any atom is 0.250 e. The lowest BCUT2D eigenvalue weighted by molar-refractivity contribution is -0.152. The predicted octanol–water partition coefficient (Wildman–Crippen LogP) is 2.70. The van der Waals surface area contributed by atoms with Gasteiger partial charge >= 0.3 is 0 Å². The monoisotopic (exact) mass is 350 g/mol. The van der Waals surface area contributed by atoms with Gasteiger partial charge in [-0.25, -0.2) is 9.37 Å². The minimum absolute atomic E-state index is 0.0130. The Kier molecular flexibility index (Phi) is 5.27. The molecule has 0 aromatic carbocycles. The van der Waals surface area contributed by atoms with Crippen LogP contribution in [-0.4, -0.2) is 46.7 Å². The fraction of sp³-hybridized carbons (Fsp3) is 0.684. The fourth-order valence-corrected chi connectivity index (χ4v) is 3.96. The molecule has 1 aromatic heterocycles. The van der Waals surface area contributed by atoms with Gasteiger partial charge in [-0.1, -0.05) is 6.92 Å². The highest BCUT2D eigenvalue weighted by Gasteiger charge is 2.48. The van der Waals surface area contributed by atoms with Crippen molar-refractivity contribution in [3.8, 4) is 5.88 Å². The van der Waals surface area contributed by atoms with Crippen LogP contribution in [0.1, 0.15) is 44.6 Å². The highest BCUT2D eigenvalue weighted by atomic mass is 19.1. The van der Waals surface area contributed by atoms with Gasteiger partial charge in [0, 0.05) is 24.7 Å². The molecule has 5 nitrogen and oxygen atoms in total. The lowest BCUT2D eigenvalue weighted by atomic mass is 9.67. The molecule has 1 saturated carbocycles. The van der Waals surface area contributed by atoms with E-state index in [1.165, 1.54) is 6.07 Å². The molecule has 1 amide bonds. The average molecular weight is 350 g/mol. The molecule has 6 heteroatoms. The van der Waals surface area contributed by atoms with Crippen LogP contribution in [0.3, 0.4) is 0 Å². The van der Waals surface area contributed by atoms with Crippen LogP contribution in [0.25, 0.3) is 0 Å². The zero-order valence-corrected chi connectivity index (χ0v) is 15.0. The van der Waals surface area contributed by atoms with Crippen molar-refractivity contribution in [2.45, 2.75) is 52.1 Å². The minimum atomic E-state index is -0.407. The summed E-state index contributed by atoms with van der Waals surface area (Å²) in [7, 11) is 0. The van der Waals surface area contributed by atoms with Crippen molar-refractivity contribution in [1.29, 1.82) is 0 Å². The molecule has 1 aromatic rings. The molecule has 1 aliphatic carbocycles. The van der Waals surface area contributed by atoms with E-state index in [0.29, 0.717) is 6.42 Å². The Morgan fingerprint density at radius 1 is 1.48 bits per heavy atom. The number of halogens is 1. The lowest BCUT2D eigenvalue weighted by Gasteiger charge is -2.54. The first-order chi connectivity index (χ1) is 12.0. The Labute approximate surface area is 148 Å². The number of pyridine rings is 1. The molecule has 3 rings (SSSR count). The Bertz CT molecular complexity index is 617. The van der Waals surface area contributed by atoms with Crippen molar-refractivity contribution in [2.24, 2.45) is 11.3 Å². The first kappa shape index (κ1) is 18.1. The highest BCUT2D eigenvalue weighted by Crippen LogP contribution is 2.45. The first-order valence-electron chi connectivity index (χ1n) is 9.15. The SMILES string of the molecule is CC[C@H](CO)C(=O)N1CC2(CCC(Oc3ncc(C)cc3F)CC2)C1. The van der Waals surface area contributed by atoms with Crippen LogP contribution in [0.15, 0.2) is 12.3 Å². The van der Waals surface area contributed by atoms with Crippen molar-refractivity contribution in [2.75, 3.05) is 19.7 Å². The smallest absolute Gasteiger partial charge is 0.250 e. The van der Waals surface area contributed by atoms with Gasteiger partial charge in [0.2, 0.25) is 5.91 Å². The summed E-state index contributed by atoms with van der Waals surface area (Å²) in [4.78, 5) is 18.2. The number of nitrogens with zero attached hydrogens (tertiary/aromatic N) is 2. The molecular weight excluding hydrogens is 323 g/mol. The third-order valence-electron chi connectivity index (χ3n) is 5.64. The average Bonchev–Trinajstić information content (AvgIpc) is 2.57. The van der Waals surface area contributed by atoms with E-state index >= 15 is 0 Å². The standard InChI is InChI=1S/C19H27FN2O3/c1-3-14(10-23)18(24)22-11-19(12-22)6-4-15(5-7-19)25-17-16(20)8-13(2)9-21-17/h8-9,14-15,23H,3-7,10-12H2,1-2H3/t14-/m1/s1. The van der Waals surface area contributed by atoms with Crippen LogP contribution in [0.4, 0.5) is 4.39 Å². The largest absolute Gasteiger partial charge is 0.472 e. The molecule has 2 heterocycles. The number of carbonyl (C=O) groups is 1. The van der Waals surface area contributed by atoms with Crippen LogP contribution in [-0.2, 0) is 4.79 Å². The number of aromatic nitrogens is 1. The molecule has 1 aliphatic heterocycles. The summed E-state index contributed by atoms with van der Waals surface area (Å²) in [6.45, 7) is 5.19. The van der Waals surface area contributed by atoms with Gasteiger partial charge in [-0.2, -0.15) is 0 Å². The van der Waals surface area contributed by atoms with E-state index in [9.17, 15) is 14.3 Å². The number of aliphatic hydroxyl groups excluding tert-OH is 1. The normalized spacial score (nSPS) is 21.0. The molecule has 1 atom stereocenters. The van der Waals surface area contributed by atoms with E-state index in [1.54, 1.807) is 13.1 Å². The molecule has 138 valence electrons. The van der Waals surface area contributed by atoms with E-state index in [4.69, 9.17) is 4.74 Å². The van der Waals surface area contributed by atoms with Crippen molar-refractivity contribution >= 4 is 5.91 Å². The van der Waals surface area contributed by atoms with Crippen molar-refractivity contribution in [3.63, 3.8) is 0 Å². The molecule has 1 saturated heterocycles. The molecule has 1 N–H and O–H groups in total. The first-order valence-corrected chi connectivity index (χ1v) is 9.15. The second-order valence-electron chi connectivity index (χ2n) is 7.60. The molecule has 1 spiro atoms. The molecule has 2 fully saturated rings. The summed E-state index contributed by atoms with van der Waals surface area (Å²) in [5.74, 6) is -0.520. The summed E-state index contributed by atoms with van der Waals surface area (Å²) in [6, 6.07) is 1.44. The summed E-state index contributed by atoms with van der Waals surface area (Å²) in [5.41, 5.74) is 0.961. The maximum absolute atomic E-state index is 13.9. The summed E-state index contributed by atoms with van der Waals surface area (Å²) in [6.07, 6.45) is 5.94. The number of rotatable bonds is 5. The van der Waals surface area contributed by atoms with Gasteiger partial charge in [0.25, 0.3) is 5.88 Å². The van der Waals surface area contributed by atoms with Crippen LogP contribution in [0.2, 0.25) is 0 Å².